The van der Waals surface area contributed by atoms with Crippen LogP contribution in [0.2, 0.25) is 0 Å². The maximum atomic E-state index is 7.47. The average Bonchev–Trinajstić information content (AvgIpc) is 3.35. The fraction of sp³-hybridized carbons (Fsp3) is 0.286. The van der Waals surface area contributed by atoms with Crippen LogP contribution in [0.15, 0.2) is 46.9 Å². The number of aliphatic imine (C=N–C) groups is 1. The van der Waals surface area contributed by atoms with Crippen LogP contribution < -0.4 is 4.90 Å². The largest absolute Gasteiger partial charge is 0.383 e. The molecular formula is C21H21N9O. The Kier molecular flexibility index (Phi) is 5.77. The standard InChI is InChI=1S/C21H21N9O/c1-5-29(10-11-31-4)15-6-7-16(14(2)12-15)25-18-20(22-3)28-30-21(18)26-19(27-30)17-13-23-8-9-24-17/h6-9,12-13H,5,10-11H2,1-2,4H3. The first-order chi connectivity index (χ1) is 15.1. The maximum absolute atomic E-state index is 7.47. The van der Waals surface area contributed by atoms with Crippen LogP contribution in [0.25, 0.3) is 16.4 Å². The fourth-order valence-electron chi connectivity index (χ4n) is 3.21. The first-order valence-electron chi connectivity index (χ1n) is 9.78. The zero-order chi connectivity index (χ0) is 21.8. The number of anilines is 1. The fourth-order valence-corrected chi connectivity index (χ4v) is 3.21. The molecule has 10 nitrogen and oxygen atoms in total. The summed E-state index contributed by atoms with van der Waals surface area (Å²) in [5, 5.41) is 8.54. The number of hydrogen-bond acceptors (Lipinski definition) is 8. The molecule has 1 aliphatic rings. The molecule has 10 heteroatoms. The predicted molar refractivity (Wildman–Crippen MR) is 118 cm³/mol. The Hall–Kier alpha value is -3.97. The topological polar surface area (TPSA) is 98.0 Å². The van der Waals surface area contributed by atoms with Gasteiger partial charge in [-0.05, 0) is 37.6 Å². The van der Waals surface area contributed by atoms with Crippen molar-refractivity contribution in [3.05, 3.63) is 59.6 Å². The first kappa shape index (κ1) is 20.3. The van der Waals surface area contributed by atoms with Crippen LogP contribution in [0.4, 0.5) is 11.4 Å². The summed E-state index contributed by atoms with van der Waals surface area (Å²) in [5.41, 5.74) is 3.74. The van der Waals surface area contributed by atoms with Crippen LogP contribution in [-0.4, -0.2) is 63.2 Å². The van der Waals surface area contributed by atoms with Crippen LogP contribution in [0, 0.1) is 13.5 Å². The van der Waals surface area contributed by atoms with E-state index in [1.807, 2.05) is 19.1 Å². The lowest BCUT2D eigenvalue weighted by Crippen LogP contribution is -2.26. The molecule has 1 aliphatic heterocycles. The molecule has 156 valence electrons. The Morgan fingerprint density at radius 3 is 2.84 bits per heavy atom. The molecule has 3 heterocycles. The number of hydrogen-bond donors (Lipinski definition) is 0. The van der Waals surface area contributed by atoms with Crippen LogP contribution >= 0.6 is 0 Å². The van der Waals surface area contributed by atoms with E-state index in [0.29, 0.717) is 29.7 Å². The Morgan fingerprint density at radius 2 is 2.16 bits per heavy atom. The molecule has 4 rings (SSSR count). The summed E-state index contributed by atoms with van der Waals surface area (Å²) in [4.78, 5) is 24.5. The van der Waals surface area contributed by atoms with Crippen molar-refractivity contribution in [2.24, 2.45) is 10.1 Å². The molecule has 2 aromatic heterocycles. The minimum Gasteiger partial charge on any atom is -0.383 e. The van der Waals surface area contributed by atoms with Gasteiger partial charge in [0.25, 0.3) is 0 Å². The van der Waals surface area contributed by atoms with Crippen LogP contribution in [0.5, 0.6) is 0 Å². The smallest absolute Gasteiger partial charge is 0.325 e. The number of aromatic nitrogens is 5. The summed E-state index contributed by atoms with van der Waals surface area (Å²) in [6, 6.07) is 6.04. The molecule has 0 spiro atoms. The molecule has 0 saturated carbocycles. The Bertz CT molecular complexity index is 1190. The van der Waals surface area contributed by atoms with Crippen molar-refractivity contribution in [1.82, 2.24) is 24.8 Å². The van der Waals surface area contributed by atoms with E-state index in [2.05, 4.69) is 47.9 Å². The Labute approximate surface area is 179 Å². The third-order valence-electron chi connectivity index (χ3n) is 4.83. The molecule has 0 N–H and O–H groups in total. The third-order valence-corrected chi connectivity index (χ3v) is 4.83. The molecular weight excluding hydrogens is 394 g/mol. The minimum absolute atomic E-state index is 0.152. The van der Waals surface area contributed by atoms with Gasteiger partial charge in [-0.3, -0.25) is 9.98 Å². The second kappa shape index (κ2) is 8.81. The molecule has 31 heavy (non-hydrogen) atoms. The summed E-state index contributed by atoms with van der Waals surface area (Å²) >= 11 is 0. The highest BCUT2D eigenvalue weighted by Crippen LogP contribution is 2.27. The third kappa shape index (κ3) is 4.04. The molecule has 0 atom stereocenters. The lowest BCUT2D eigenvalue weighted by Gasteiger charge is -2.23. The molecule has 0 fully saturated rings. The van der Waals surface area contributed by atoms with E-state index < -0.39 is 0 Å². The second-order valence-corrected chi connectivity index (χ2v) is 6.78. The first-order valence-corrected chi connectivity index (χ1v) is 9.78. The number of benzene rings is 1. The van der Waals surface area contributed by atoms with Crippen LogP contribution in [-0.2, 0) is 4.74 Å². The van der Waals surface area contributed by atoms with Gasteiger partial charge in [0.2, 0.25) is 11.6 Å². The van der Waals surface area contributed by atoms with Gasteiger partial charge in [-0.1, -0.05) is 11.4 Å². The molecule has 0 saturated heterocycles. The predicted octanol–water partition coefficient (Wildman–Crippen LogP) is 2.73. The lowest BCUT2D eigenvalue weighted by atomic mass is 10.1. The van der Waals surface area contributed by atoms with Gasteiger partial charge in [-0.25, -0.2) is 9.97 Å². The van der Waals surface area contributed by atoms with E-state index in [4.69, 9.17) is 16.3 Å². The van der Waals surface area contributed by atoms with Gasteiger partial charge in [-0.15, -0.1) is 5.10 Å². The molecule has 0 aliphatic carbocycles. The molecule has 3 aromatic rings. The number of fused-ring (bicyclic) bond motifs is 1. The number of aryl methyl sites for hydroxylation is 1. The molecule has 0 unspecified atom stereocenters. The summed E-state index contributed by atoms with van der Waals surface area (Å²) < 4.78 is 5.20. The van der Waals surface area contributed by atoms with Gasteiger partial charge in [0.05, 0.1) is 18.5 Å². The van der Waals surface area contributed by atoms with Crippen molar-refractivity contribution in [2.45, 2.75) is 13.8 Å². The van der Waals surface area contributed by atoms with Gasteiger partial charge < -0.3 is 14.5 Å². The highest BCUT2D eigenvalue weighted by atomic mass is 16.5. The zero-order valence-electron chi connectivity index (χ0n) is 17.5. The quantitative estimate of drug-likeness (QED) is 0.551. The second-order valence-electron chi connectivity index (χ2n) is 6.78. The molecule has 0 radical (unpaired) electrons. The number of amidine groups is 1. The Balaban J connectivity index is 1.68. The van der Waals surface area contributed by atoms with E-state index in [-0.39, 0.29) is 5.84 Å². The van der Waals surface area contributed by atoms with Gasteiger partial charge in [-0.2, -0.15) is 0 Å². The van der Waals surface area contributed by atoms with Gasteiger partial charge in [0, 0.05) is 43.4 Å². The number of ether oxygens (including phenoxy) is 1. The van der Waals surface area contributed by atoms with E-state index in [1.165, 1.54) is 4.79 Å². The van der Waals surface area contributed by atoms with E-state index >= 15 is 0 Å². The molecule has 1 aromatic carbocycles. The zero-order valence-corrected chi connectivity index (χ0v) is 17.5. The molecule has 0 bridgehead atoms. The Morgan fingerprint density at radius 1 is 1.29 bits per heavy atom. The van der Waals surface area contributed by atoms with Gasteiger partial charge in [0.15, 0.2) is 0 Å². The summed E-state index contributed by atoms with van der Waals surface area (Å²) in [7, 11) is 1.70. The number of rotatable bonds is 7. The van der Waals surface area contributed by atoms with Gasteiger partial charge in [0.1, 0.15) is 11.4 Å². The summed E-state index contributed by atoms with van der Waals surface area (Å²) in [5.74, 6) is 0.942. The van der Waals surface area contributed by atoms with E-state index in [9.17, 15) is 0 Å². The minimum atomic E-state index is 0.152. The van der Waals surface area contributed by atoms with Crippen molar-refractivity contribution in [2.75, 3.05) is 31.7 Å². The lowest BCUT2D eigenvalue weighted by molar-refractivity contribution is 0.205. The van der Waals surface area contributed by atoms with Gasteiger partial charge >= 0.3 is 5.84 Å². The normalized spacial score (nSPS) is 13.7. The summed E-state index contributed by atoms with van der Waals surface area (Å²) in [6.07, 6.45) is 4.73. The van der Waals surface area contributed by atoms with E-state index in [0.717, 1.165) is 30.0 Å². The monoisotopic (exact) mass is 415 g/mol. The average molecular weight is 415 g/mol. The number of nitrogens with zero attached hydrogens (tertiary/aromatic N) is 9. The SMILES string of the molecule is [C-]#[N+]C1=Nn2nc(-c3cnccn3)nc2C1=Nc1ccc(N(CC)CCOC)cc1C. The van der Waals surface area contributed by atoms with Crippen LogP contribution in [0.1, 0.15) is 18.3 Å². The van der Waals surface area contributed by atoms with Crippen molar-refractivity contribution < 1.29 is 4.74 Å². The van der Waals surface area contributed by atoms with Crippen molar-refractivity contribution in [3.8, 4) is 11.5 Å². The van der Waals surface area contributed by atoms with Crippen molar-refractivity contribution in [1.29, 1.82) is 0 Å². The van der Waals surface area contributed by atoms with Crippen molar-refractivity contribution in [3.63, 3.8) is 0 Å². The summed E-state index contributed by atoms with van der Waals surface area (Å²) in [6.45, 7) is 13.9. The van der Waals surface area contributed by atoms with Crippen LogP contribution in [0.3, 0.4) is 0 Å². The van der Waals surface area contributed by atoms with E-state index in [1.54, 1.807) is 25.7 Å². The number of likely N-dealkylation sites (N-methyl/N-ethyl adjacent to an activating group) is 1. The number of methoxy groups -OCH3 is 1. The van der Waals surface area contributed by atoms with Crippen molar-refractivity contribution >= 4 is 22.9 Å². The highest BCUT2D eigenvalue weighted by Gasteiger charge is 2.30. The molecule has 0 amide bonds. The maximum Gasteiger partial charge on any atom is 0.325 e. The highest BCUT2D eigenvalue weighted by molar-refractivity contribution is 6.51.